The Morgan fingerprint density at radius 1 is 1.50 bits per heavy atom. The van der Waals surface area contributed by atoms with Gasteiger partial charge in [0.1, 0.15) is 6.04 Å². The first-order valence-electron chi connectivity index (χ1n) is 6.38. The summed E-state index contributed by atoms with van der Waals surface area (Å²) in [5, 5.41) is 5.75. The molecule has 1 fully saturated rings. The molecule has 0 aromatic carbocycles. The highest BCUT2D eigenvalue weighted by Crippen LogP contribution is 2.27. The van der Waals surface area contributed by atoms with Crippen molar-refractivity contribution >= 4 is 17.2 Å². The molecule has 6 nitrogen and oxygen atoms in total. The van der Waals surface area contributed by atoms with Crippen LogP contribution < -0.4 is 0 Å². The normalized spacial score (nSPS) is 19.3. The van der Waals surface area contributed by atoms with Crippen molar-refractivity contribution in [2.24, 2.45) is 0 Å². The molecule has 3 heterocycles. The molecule has 2 aromatic rings. The van der Waals surface area contributed by atoms with Gasteiger partial charge in [-0.1, -0.05) is 5.16 Å². The Balaban J connectivity index is 1.90. The van der Waals surface area contributed by atoms with Crippen LogP contribution in [0, 0.1) is 13.8 Å². The van der Waals surface area contributed by atoms with Gasteiger partial charge in [0.2, 0.25) is 6.39 Å². The van der Waals surface area contributed by atoms with Crippen LogP contribution >= 0.6 is 11.3 Å². The molecular formula is C13H15N3O3S. The third-order valence-corrected chi connectivity index (χ3v) is 4.60. The third-order valence-electron chi connectivity index (χ3n) is 3.58. The topological polar surface area (TPSA) is 68.5 Å². The average Bonchev–Trinajstić information content (AvgIpc) is 3.10. The lowest BCUT2D eigenvalue weighted by Crippen LogP contribution is -2.43. The van der Waals surface area contributed by atoms with Crippen molar-refractivity contribution in [1.82, 2.24) is 15.0 Å². The van der Waals surface area contributed by atoms with E-state index >= 15 is 0 Å². The van der Waals surface area contributed by atoms with Gasteiger partial charge >= 0.3 is 0 Å². The number of carbonyl (C=O) groups excluding carboxylic acids is 1. The van der Waals surface area contributed by atoms with Gasteiger partial charge < -0.3 is 14.2 Å². The smallest absolute Gasteiger partial charge is 0.255 e. The van der Waals surface area contributed by atoms with Gasteiger partial charge in [0.15, 0.2) is 5.82 Å². The van der Waals surface area contributed by atoms with Crippen molar-refractivity contribution < 1.29 is 14.1 Å². The maximum Gasteiger partial charge on any atom is 0.255 e. The van der Waals surface area contributed by atoms with Crippen molar-refractivity contribution in [2.45, 2.75) is 19.9 Å². The Kier molecular flexibility index (Phi) is 3.54. The Bertz CT molecular complexity index is 608. The van der Waals surface area contributed by atoms with Crippen molar-refractivity contribution in [3.8, 4) is 0 Å². The number of hydrogen-bond donors (Lipinski definition) is 0. The maximum atomic E-state index is 12.7. The van der Waals surface area contributed by atoms with Gasteiger partial charge in [-0.15, -0.1) is 11.3 Å². The average molecular weight is 293 g/mol. The zero-order valence-corrected chi connectivity index (χ0v) is 12.1. The number of thiophene rings is 1. The summed E-state index contributed by atoms with van der Waals surface area (Å²) in [5.74, 6) is 0.493. The van der Waals surface area contributed by atoms with E-state index < -0.39 is 0 Å². The first kappa shape index (κ1) is 13.3. The summed E-state index contributed by atoms with van der Waals surface area (Å²) in [5.41, 5.74) is 1.79. The quantitative estimate of drug-likeness (QED) is 0.846. The molecule has 1 aliphatic heterocycles. The summed E-state index contributed by atoms with van der Waals surface area (Å²) in [7, 11) is 0. The number of aromatic nitrogens is 2. The predicted molar refractivity (Wildman–Crippen MR) is 72.7 cm³/mol. The van der Waals surface area contributed by atoms with Crippen LogP contribution in [-0.4, -0.2) is 40.7 Å². The van der Waals surface area contributed by atoms with Crippen LogP contribution in [-0.2, 0) is 4.74 Å². The second-order valence-electron chi connectivity index (χ2n) is 4.71. The SMILES string of the molecule is Cc1scc(C(=O)N2CCOC[C@@H]2c2ncon2)c1C. The maximum absolute atomic E-state index is 12.7. The van der Waals surface area contributed by atoms with Crippen LogP contribution in [0.5, 0.6) is 0 Å². The van der Waals surface area contributed by atoms with Crippen molar-refractivity contribution in [3.05, 3.63) is 33.6 Å². The molecule has 0 N–H and O–H groups in total. The predicted octanol–water partition coefficient (Wildman–Crippen LogP) is 1.96. The summed E-state index contributed by atoms with van der Waals surface area (Å²) in [6.45, 7) is 5.46. The van der Waals surface area contributed by atoms with Gasteiger partial charge in [0.25, 0.3) is 5.91 Å². The summed E-state index contributed by atoms with van der Waals surface area (Å²) < 4.78 is 10.2. The van der Waals surface area contributed by atoms with E-state index in [0.717, 1.165) is 16.0 Å². The molecule has 0 unspecified atom stereocenters. The number of aryl methyl sites for hydroxylation is 1. The zero-order chi connectivity index (χ0) is 14.1. The number of rotatable bonds is 2. The van der Waals surface area contributed by atoms with E-state index in [1.165, 1.54) is 6.39 Å². The van der Waals surface area contributed by atoms with Crippen LogP contribution in [0.1, 0.15) is 32.7 Å². The Labute approximate surface area is 120 Å². The van der Waals surface area contributed by atoms with Crippen molar-refractivity contribution in [3.63, 3.8) is 0 Å². The summed E-state index contributed by atoms with van der Waals surface area (Å²) in [6, 6.07) is -0.283. The Hall–Kier alpha value is -1.73. The van der Waals surface area contributed by atoms with Gasteiger partial charge in [0.05, 0.1) is 18.8 Å². The van der Waals surface area contributed by atoms with Crippen LogP contribution in [0.4, 0.5) is 0 Å². The molecule has 106 valence electrons. The Morgan fingerprint density at radius 3 is 3.00 bits per heavy atom. The monoisotopic (exact) mass is 293 g/mol. The second kappa shape index (κ2) is 5.34. The van der Waals surface area contributed by atoms with Gasteiger partial charge in [-0.3, -0.25) is 4.79 Å². The lowest BCUT2D eigenvalue weighted by atomic mass is 10.1. The molecule has 0 spiro atoms. The molecule has 0 saturated carbocycles. The second-order valence-corrected chi connectivity index (χ2v) is 5.79. The summed E-state index contributed by atoms with van der Waals surface area (Å²) in [6.07, 6.45) is 1.27. The van der Waals surface area contributed by atoms with Gasteiger partial charge in [-0.05, 0) is 19.4 Å². The molecule has 1 aliphatic rings. The third kappa shape index (κ3) is 2.23. The number of amides is 1. The number of hydrogen-bond acceptors (Lipinski definition) is 6. The highest BCUT2D eigenvalue weighted by atomic mass is 32.1. The standard InChI is InChI=1S/C13H15N3O3S/c1-8-9(2)20-6-10(8)13(17)16-3-4-18-5-11(16)12-14-7-19-15-12/h6-7,11H,3-5H2,1-2H3/t11-/m1/s1. The molecular weight excluding hydrogens is 278 g/mol. The molecule has 1 saturated heterocycles. The van der Waals surface area contributed by atoms with Crippen molar-refractivity contribution in [2.75, 3.05) is 19.8 Å². The van der Waals surface area contributed by atoms with Crippen LogP contribution in [0.15, 0.2) is 16.3 Å². The van der Waals surface area contributed by atoms with E-state index in [4.69, 9.17) is 9.26 Å². The summed E-state index contributed by atoms with van der Waals surface area (Å²) >= 11 is 1.59. The van der Waals surface area contributed by atoms with Crippen LogP contribution in [0.2, 0.25) is 0 Å². The van der Waals surface area contributed by atoms with Crippen LogP contribution in [0.25, 0.3) is 0 Å². The number of nitrogens with zero attached hydrogens (tertiary/aromatic N) is 3. The van der Waals surface area contributed by atoms with E-state index in [1.807, 2.05) is 19.2 Å². The molecule has 1 amide bonds. The van der Waals surface area contributed by atoms with Crippen molar-refractivity contribution in [1.29, 1.82) is 0 Å². The van der Waals surface area contributed by atoms with Gasteiger partial charge in [-0.2, -0.15) is 4.98 Å². The highest BCUT2D eigenvalue weighted by Gasteiger charge is 2.33. The van der Waals surface area contributed by atoms with Gasteiger partial charge in [0, 0.05) is 16.8 Å². The number of ether oxygens (including phenoxy) is 1. The molecule has 3 rings (SSSR count). The highest BCUT2D eigenvalue weighted by molar-refractivity contribution is 7.10. The van der Waals surface area contributed by atoms with Gasteiger partial charge in [-0.25, -0.2) is 0 Å². The Morgan fingerprint density at radius 2 is 2.35 bits per heavy atom. The molecule has 0 aliphatic carbocycles. The zero-order valence-electron chi connectivity index (χ0n) is 11.3. The van der Waals surface area contributed by atoms with Crippen LogP contribution in [0.3, 0.4) is 0 Å². The molecule has 2 aromatic heterocycles. The largest absolute Gasteiger partial charge is 0.377 e. The fraction of sp³-hybridized carbons (Fsp3) is 0.462. The molecule has 1 atom stereocenters. The van der Waals surface area contributed by atoms with E-state index in [0.29, 0.717) is 25.6 Å². The lowest BCUT2D eigenvalue weighted by Gasteiger charge is -2.33. The number of carbonyl (C=O) groups is 1. The van der Waals surface area contributed by atoms with E-state index in [9.17, 15) is 4.79 Å². The number of morpholine rings is 1. The molecule has 0 bridgehead atoms. The minimum Gasteiger partial charge on any atom is -0.377 e. The van der Waals surface area contributed by atoms with E-state index in [1.54, 1.807) is 16.2 Å². The minimum absolute atomic E-state index is 0.00458. The summed E-state index contributed by atoms with van der Waals surface area (Å²) in [4.78, 5) is 19.7. The lowest BCUT2D eigenvalue weighted by molar-refractivity contribution is -0.00578. The fourth-order valence-electron chi connectivity index (χ4n) is 2.27. The fourth-order valence-corrected chi connectivity index (χ4v) is 3.12. The van der Waals surface area contributed by atoms with E-state index in [2.05, 4.69) is 10.1 Å². The molecule has 7 heteroatoms. The first-order chi connectivity index (χ1) is 9.68. The minimum atomic E-state index is -0.283. The molecule has 20 heavy (non-hydrogen) atoms. The molecule has 0 radical (unpaired) electrons. The van der Waals surface area contributed by atoms with E-state index in [-0.39, 0.29) is 11.9 Å². The first-order valence-corrected chi connectivity index (χ1v) is 7.26.